The largest absolute Gasteiger partial charge is 0.396 e. The molecule has 2 aliphatic heterocycles. The monoisotopic (exact) mass is 324 g/mol. The Morgan fingerprint density at radius 2 is 2.00 bits per heavy atom. The van der Waals surface area contributed by atoms with E-state index >= 15 is 0 Å². The van der Waals surface area contributed by atoms with E-state index < -0.39 is 0 Å². The Morgan fingerprint density at radius 3 is 2.70 bits per heavy atom. The average molecular weight is 324 g/mol. The second-order valence-corrected chi connectivity index (χ2v) is 7.78. The zero-order chi connectivity index (χ0) is 16.1. The molecular formula is C18H32N2O3. The van der Waals surface area contributed by atoms with Gasteiger partial charge in [-0.2, -0.15) is 0 Å². The minimum atomic E-state index is -0.0146. The summed E-state index contributed by atoms with van der Waals surface area (Å²) in [5, 5.41) is 9.91. The molecule has 3 aliphatic rings. The van der Waals surface area contributed by atoms with Crippen LogP contribution >= 0.6 is 0 Å². The van der Waals surface area contributed by atoms with E-state index in [0.29, 0.717) is 6.42 Å². The predicted octanol–water partition coefficient (Wildman–Crippen LogP) is 1.50. The fourth-order valence-electron chi connectivity index (χ4n) is 4.15. The summed E-state index contributed by atoms with van der Waals surface area (Å²) in [7, 11) is 0. The molecule has 0 aromatic rings. The number of rotatable bonds is 7. The van der Waals surface area contributed by atoms with Gasteiger partial charge in [-0.15, -0.1) is 0 Å². The van der Waals surface area contributed by atoms with Gasteiger partial charge in [0.2, 0.25) is 5.91 Å². The van der Waals surface area contributed by atoms with Gasteiger partial charge in [0.05, 0.1) is 19.8 Å². The van der Waals surface area contributed by atoms with Crippen LogP contribution in [0.1, 0.15) is 44.9 Å². The zero-order valence-corrected chi connectivity index (χ0v) is 14.3. The third-order valence-electron chi connectivity index (χ3n) is 5.74. The molecule has 2 saturated heterocycles. The highest BCUT2D eigenvalue weighted by Gasteiger charge is 2.40. The van der Waals surface area contributed by atoms with Gasteiger partial charge in [-0.3, -0.25) is 9.69 Å². The van der Waals surface area contributed by atoms with Crippen LogP contribution in [0.25, 0.3) is 0 Å². The van der Waals surface area contributed by atoms with E-state index in [9.17, 15) is 9.90 Å². The smallest absolute Gasteiger partial charge is 0.222 e. The van der Waals surface area contributed by atoms with Crippen molar-refractivity contribution in [2.75, 3.05) is 52.5 Å². The van der Waals surface area contributed by atoms with Crippen LogP contribution in [0, 0.1) is 11.3 Å². The third kappa shape index (κ3) is 4.91. The molecule has 1 amide bonds. The minimum Gasteiger partial charge on any atom is -0.396 e. The zero-order valence-electron chi connectivity index (χ0n) is 14.3. The van der Waals surface area contributed by atoms with E-state index in [0.717, 1.165) is 77.5 Å². The first kappa shape index (κ1) is 17.2. The molecule has 1 saturated carbocycles. The first-order valence-corrected chi connectivity index (χ1v) is 9.39. The molecule has 23 heavy (non-hydrogen) atoms. The number of ether oxygens (including phenoxy) is 1. The minimum absolute atomic E-state index is 0.0146. The summed E-state index contributed by atoms with van der Waals surface area (Å²) in [6, 6.07) is 0. The van der Waals surface area contributed by atoms with Crippen molar-refractivity contribution in [1.82, 2.24) is 9.80 Å². The van der Waals surface area contributed by atoms with Crippen LogP contribution < -0.4 is 0 Å². The molecule has 0 radical (unpaired) electrons. The standard InChI is InChI=1S/C18H32N2O3/c21-15-18(13-16-4-5-16)6-2-8-20(14-18)17(22)3-1-7-19-9-11-23-12-10-19/h16,21H,1-15H2/t18-/m0/s1. The van der Waals surface area contributed by atoms with Gasteiger partial charge >= 0.3 is 0 Å². The fraction of sp³-hybridized carbons (Fsp3) is 0.944. The number of likely N-dealkylation sites (tertiary alicyclic amines) is 1. The van der Waals surface area contributed by atoms with Gasteiger partial charge in [0.25, 0.3) is 0 Å². The molecule has 3 rings (SSSR count). The van der Waals surface area contributed by atoms with E-state index in [1.165, 1.54) is 12.8 Å². The van der Waals surface area contributed by atoms with Crippen LogP contribution in [-0.4, -0.2) is 73.4 Å². The second kappa shape index (κ2) is 7.95. The maximum atomic E-state index is 12.5. The molecule has 1 aliphatic carbocycles. The Kier molecular flexibility index (Phi) is 5.94. The molecule has 1 atom stereocenters. The summed E-state index contributed by atoms with van der Waals surface area (Å²) in [5.41, 5.74) is -0.0146. The highest BCUT2D eigenvalue weighted by atomic mass is 16.5. The number of morpholine rings is 1. The molecule has 0 spiro atoms. The van der Waals surface area contributed by atoms with Crippen molar-refractivity contribution in [1.29, 1.82) is 0 Å². The first-order chi connectivity index (χ1) is 11.2. The van der Waals surface area contributed by atoms with Gasteiger partial charge in [0.15, 0.2) is 0 Å². The summed E-state index contributed by atoms with van der Waals surface area (Å²) in [6.07, 6.45) is 7.44. The molecule has 0 unspecified atom stereocenters. The topological polar surface area (TPSA) is 53.0 Å². The van der Waals surface area contributed by atoms with Crippen molar-refractivity contribution < 1.29 is 14.6 Å². The second-order valence-electron chi connectivity index (χ2n) is 7.78. The highest BCUT2D eigenvalue weighted by molar-refractivity contribution is 5.76. The molecule has 3 fully saturated rings. The molecule has 0 aromatic carbocycles. The van der Waals surface area contributed by atoms with Crippen LogP contribution in [-0.2, 0) is 9.53 Å². The van der Waals surface area contributed by atoms with E-state index in [-0.39, 0.29) is 17.9 Å². The van der Waals surface area contributed by atoms with Crippen molar-refractivity contribution >= 4 is 5.91 Å². The normalized spacial score (nSPS) is 29.7. The number of aliphatic hydroxyl groups is 1. The molecular weight excluding hydrogens is 292 g/mol. The number of hydrogen-bond donors (Lipinski definition) is 1. The number of aliphatic hydroxyl groups excluding tert-OH is 1. The molecule has 0 bridgehead atoms. The molecule has 1 N–H and O–H groups in total. The number of carbonyl (C=O) groups excluding carboxylic acids is 1. The Bertz CT molecular complexity index is 394. The lowest BCUT2D eigenvalue weighted by atomic mass is 9.76. The number of hydrogen-bond acceptors (Lipinski definition) is 4. The summed E-state index contributed by atoms with van der Waals surface area (Å²) in [4.78, 5) is 17.0. The average Bonchev–Trinajstić information content (AvgIpc) is 3.40. The Hall–Kier alpha value is -0.650. The first-order valence-electron chi connectivity index (χ1n) is 9.39. The SMILES string of the molecule is O=C(CCCN1CCOCC1)N1CCC[C@](CO)(CC2CC2)C1. The summed E-state index contributed by atoms with van der Waals surface area (Å²) < 4.78 is 5.35. The lowest BCUT2D eigenvalue weighted by Crippen LogP contribution is -2.48. The van der Waals surface area contributed by atoms with Crippen LogP contribution in [0.3, 0.4) is 0 Å². The van der Waals surface area contributed by atoms with Crippen molar-refractivity contribution in [2.45, 2.75) is 44.9 Å². The van der Waals surface area contributed by atoms with E-state index in [4.69, 9.17) is 4.74 Å². The molecule has 132 valence electrons. The third-order valence-corrected chi connectivity index (χ3v) is 5.74. The van der Waals surface area contributed by atoms with Crippen molar-refractivity contribution in [3.63, 3.8) is 0 Å². The molecule has 5 nitrogen and oxygen atoms in total. The summed E-state index contributed by atoms with van der Waals surface area (Å²) in [5.74, 6) is 1.09. The van der Waals surface area contributed by atoms with Gasteiger partial charge in [-0.25, -0.2) is 0 Å². The van der Waals surface area contributed by atoms with Gasteiger partial charge in [0, 0.05) is 38.0 Å². The van der Waals surface area contributed by atoms with Crippen LogP contribution in [0.15, 0.2) is 0 Å². The molecule has 0 aromatic heterocycles. The number of nitrogens with zero attached hydrogens (tertiary/aromatic N) is 2. The van der Waals surface area contributed by atoms with Gasteiger partial charge in [-0.05, 0) is 38.1 Å². The Balaban J connectivity index is 1.42. The quantitative estimate of drug-likeness (QED) is 0.771. The van der Waals surface area contributed by atoms with Gasteiger partial charge < -0.3 is 14.7 Å². The number of piperidine rings is 1. The highest BCUT2D eigenvalue weighted by Crippen LogP contribution is 2.44. The lowest BCUT2D eigenvalue weighted by molar-refractivity contribution is -0.136. The maximum absolute atomic E-state index is 12.5. The van der Waals surface area contributed by atoms with E-state index in [2.05, 4.69) is 4.90 Å². The number of carbonyl (C=O) groups is 1. The van der Waals surface area contributed by atoms with Crippen molar-refractivity contribution in [3.05, 3.63) is 0 Å². The fourth-order valence-corrected chi connectivity index (χ4v) is 4.15. The van der Waals surface area contributed by atoms with Gasteiger partial charge in [0.1, 0.15) is 0 Å². The maximum Gasteiger partial charge on any atom is 0.222 e. The molecule has 2 heterocycles. The predicted molar refractivity (Wildman–Crippen MR) is 89.2 cm³/mol. The van der Waals surface area contributed by atoms with Crippen LogP contribution in [0.2, 0.25) is 0 Å². The van der Waals surface area contributed by atoms with Crippen LogP contribution in [0.4, 0.5) is 0 Å². The van der Waals surface area contributed by atoms with Crippen molar-refractivity contribution in [2.24, 2.45) is 11.3 Å². The van der Waals surface area contributed by atoms with E-state index in [1.54, 1.807) is 0 Å². The van der Waals surface area contributed by atoms with Crippen LogP contribution in [0.5, 0.6) is 0 Å². The van der Waals surface area contributed by atoms with Crippen molar-refractivity contribution in [3.8, 4) is 0 Å². The number of amides is 1. The van der Waals surface area contributed by atoms with Gasteiger partial charge in [-0.1, -0.05) is 12.8 Å². The summed E-state index contributed by atoms with van der Waals surface area (Å²) in [6.45, 7) is 6.51. The van der Waals surface area contributed by atoms with E-state index in [1.807, 2.05) is 4.90 Å². The lowest BCUT2D eigenvalue weighted by Gasteiger charge is -2.42. The molecule has 5 heteroatoms. The Morgan fingerprint density at radius 1 is 1.22 bits per heavy atom. The Labute approximate surface area is 140 Å². The summed E-state index contributed by atoms with van der Waals surface area (Å²) >= 11 is 0.